The van der Waals surface area contributed by atoms with Crippen molar-refractivity contribution in [1.82, 2.24) is 0 Å². The molecule has 0 bridgehead atoms. The van der Waals surface area contributed by atoms with E-state index in [1.54, 1.807) is 0 Å². The largest absolute Gasteiger partial charge is 0.399 e. The maximum atomic E-state index is 11.1. The third kappa shape index (κ3) is 3.48. The van der Waals surface area contributed by atoms with E-state index in [-0.39, 0.29) is 5.78 Å². The summed E-state index contributed by atoms with van der Waals surface area (Å²) in [6.45, 7) is 0. The molecule has 2 N–H and O–H groups in total. The molecule has 0 unspecified atom stereocenters. The number of halogens is 2. The fourth-order valence-electron chi connectivity index (χ4n) is 1.05. The van der Waals surface area contributed by atoms with Crippen molar-refractivity contribution in [2.24, 2.45) is 0 Å². The minimum absolute atomic E-state index is 0.150. The van der Waals surface area contributed by atoms with Crippen LogP contribution in [0.1, 0.15) is 5.56 Å². The number of rotatable bonds is 3. The van der Waals surface area contributed by atoms with Gasteiger partial charge >= 0.3 is 0 Å². The summed E-state index contributed by atoms with van der Waals surface area (Å²) >= 11 is 6.44. The summed E-state index contributed by atoms with van der Waals surface area (Å²) in [5.41, 5.74) is 7.24. The van der Waals surface area contributed by atoms with Gasteiger partial charge in [-0.05, 0) is 23.8 Å². The highest BCUT2D eigenvalue weighted by Crippen LogP contribution is 2.17. The molecule has 0 aliphatic carbocycles. The quantitative estimate of drug-likeness (QED) is 0.689. The lowest BCUT2D eigenvalue weighted by molar-refractivity contribution is -0.115. The molecule has 0 radical (unpaired) electrons. The standard InChI is InChI=1S/C9H9Br2NO/c10-5-9(13)3-6-1-7(11)4-8(12)2-6/h1-2,4H,3,5,12H2. The molecular formula is C9H9Br2NO. The van der Waals surface area contributed by atoms with Crippen molar-refractivity contribution >= 4 is 43.3 Å². The zero-order chi connectivity index (χ0) is 9.84. The van der Waals surface area contributed by atoms with E-state index in [2.05, 4.69) is 31.9 Å². The van der Waals surface area contributed by atoms with E-state index in [9.17, 15) is 4.79 Å². The summed E-state index contributed by atoms with van der Waals surface area (Å²) in [4.78, 5) is 11.1. The molecule has 70 valence electrons. The van der Waals surface area contributed by atoms with Crippen LogP contribution < -0.4 is 5.73 Å². The van der Waals surface area contributed by atoms with Crippen molar-refractivity contribution in [2.75, 3.05) is 11.1 Å². The molecule has 0 aliphatic heterocycles. The van der Waals surface area contributed by atoms with Crippen LogP contribution in [0.2, 0.25) is 0 Å². The second-order valence-corrected chi connectivity index (χ2v) is 4.22. The molecule has 0 fully saturated rings. The van der Waals surface area contributed by atoms with Crippen molar-refractivity contribution in [3.05, 3.63) is 28.2 Å². The van der Waals surface area contributed by atoms with Gasteiger partial charge in [0.2, 0.25) is 0 Å². The molecule has 13 heavy (non-hydrogen) atoms. The third-order valence-electron chi connectivity index (χ3n) is 1.53. The summed E-state index contributed by atoms with van der Waals surface area (Å²) in [5, 5.41) is 0.388. The van der Waals surface area contributed by atoms with Gasteiger partial charge < -0.3 is 5.73 Å². The molecule has 0 saturated heterocycles. The predicted octanol–water partition coefficient (Wildman–Crippen LogP) is 2.54. The lowest BCUT2D eigenvalue weighted by atomic mass is 10.1. The normalized spacial score (nSPS) is 10.0. The van der Waals surface area contributed by atoms with Crippen molar-refractivity contribution in [3.8, 4) is 0 Å². The number of hydrogen-bond donors (Lipinski definition) is 1. The molecule has 0 amide bonds. The number of carbonyl (C=O) groups excluding carboxylic acids is 1. The smallest absolute Gasteiger partial charge is 0.147 e. The third-order valence-corrected chi connectivity index (χ3v) is 2.61. The summed E-state index contributed by atoms with van der Waals surface area (Å²) in [7, 11) is 0. The zero-order valence-electron chi connectivity index (χ0n) is 6.89. The van der Waals surface area contributed by atoms with Gasteiger partial charge in [0.15, 0.2) is 0 Å². The molecule has 0 heterocycles. The molecule has 1 rings (SSSR count). The molecule has 0 saturated carbocycles. The predicted molar refractivity (Wildman–Crippen MR) is 61.1 cm³/mol. The number of hydrogen-bond acceptors (Lipinski definition) is 2. The van der Waals surface area contributed by atoms with Crippen LogP contribution in [0.5, 0.6) is 0 Å². The molecule has 0 spiro atoms. The van der Waals surface area contributed by atoms with E-state index in [1.807, 2.05) is 18.2 Å². The second kappa shape index (κ2) is 4.77. The monoisotopic (exact) mass is 305 g/mol. The number of nitrogens with two attached hydrogens (primary N) is 1. The Bertz CT molecular complexity index is 305. The van der Waals surface area contributed by atoms with Gasteiger partial charge in [-0.15, -0.1) is 0 Å². The Balaban J connectivity index is 2.83. The van der Waals surface area contributed by atoms with Crippen molar-refractivity contribution in [1.29, 1.82) is 0 Å². The Kier molecular flexibility index (Phi) is 3.93. The fraction of sp³-hybridized carbons (Fsp3) is 0.222. The maximum absolute atomic E-state index is 11.1. The molecule has 0 aromatic heterocycles. The van der Waals surface area contributed by atoms with E-state index < -0.39 is 0 Å². The molecule has 0 atom stereocenters. The van der Waals surface area contributed by atoms with Crippen molar-refractivity contribution < 1.29 is 4.79 Å². The minimum Gasteiger partial charge on any atom is -0.399 e. The Morgan fingerprint density at radius 3 is 2.62 bits per heavy atom. The first-order chi connectivity index (χ1) is 6.11. The molecule has 0 aliphatic rings. The van der Waals surface area contributed by atoms with Crippen LogP contribution in [0.3, 0.4) is 0 Å². The average molecular weight is 307 g/mol. The van der Waals surface area contributed by atoms with E-state index in [1.165, 1.54) is 0 Å². The van der Waals surface area contributed by atoms with Gasteiger partial charge in [-0.25, -0.2) is 0 Å². The number of Topliss-reactive ketones (excluding diaryl/α,β-unsaturated/α-hetero) is 1. The van der Waals surface area contributed by atoms with Crippen LogP contribution in [0.15, 0.2) is 22.7 Å². The number of alkyl halides is 1. The zero-order valence-corrected chi connectivity index (χ0v) is 10.1. The van der Waals surface area contributed by atoms with Crippen LogP contribution in [0.25, 0.3) is 0 Å². The number of anilines is 1. The molecule has 2 nitrogen and oxygen atoms in total. The Labute approximate surface area is 93.8 Å². The van der Waals surface area contributed by atoms with Crippen LogP contribution >= 0.6 is 31.9 Å². The molecule has 4 heteroatoms. The summed E-state index contributed by atoms with van der Waals surface area (Å²) in [5.74, 6) is 0.150. The maximum Gasteiger partial charge on any atom is 0.147 e. The van der Waals surface area contributed by atoms with Crippen LogP contribution in [-0.2, 0) is 11.2 Å². The summed E-state index contributed by atoms with van der Waals surface area (Å²) in [6, 6.07) is 5.52. The molecule has 1 aromatic rings. The minimum atomic E-state index is 0.150. The van der Waals surface area contributed by atoms with Gasteiger partial charge in [-0.2, -0.15) is 0 Å². The van der Waals surface area contributed by atoms with E-state index >= 15 is 0 Å². The van der Waals surface area contributed by atoms with E-state index in [0.717, 1.165) is 10.0 Å². The molecular weight excluding hydrogens is 298 g/mol. The van der Waals surface area contributed by atoms with Crippen LogP contribution in [0, 0.1) is 0 Å². The molecule has 1 aromatic carbocycles. The highest BCUT2D eigenvalue weighted by atomic mass is 79.9. The van der Waals surface area contributed by atoms with Gasteiger partial charge in [-0.3, -0.25) is 4.79 Å². The first-order valence-electron chi connectivity index (χ1n) is 3.74. The number of benzene rings is 1. The van der Waals surface area contributed by atoms with Crippen LogP contribution in [-0.4, -0.2) is 11.1 Å². The van der Waals surface area contributed by atoms with Crippen molar-refractivity contribution in [3.63, 3.8) is 0 Å². The highest BCUT2D eigenvalue weighted by molar-refractivity contribution is 9.10. The average Bonchev–Trinajstić information content (AvgIpc) is 2.02. The topological polar surface area (TPSA) is 43.1 Å². The van der Waals surface area contributed by atoms with Crippen LogP contribution in [0.4, 0.5) is 5.69 Å². The number of nitrogen functional groups attached to an aromatic ring is 1. The Hall–Kier alpha value is -0.350. The first-order valence-corrected chi connectivity index (χ1v) is 5.66. The van der Waals surface area contributed by atoms with E-state index in [0.29, 0.717) is 17.4 Å². The second-order valence-electron chi connectivity index (χ2n) is 2.74. The fourth-order valence-corrected chi connectivity index (χ4v) is 1.81. The Morgan fingerprint density at radius 1 is 1.38 bits per heavy atom. The lowest BCUT2D eigenvalue weighted by Gasteiger charge is -2.01. The van der Waals surface area contributed by atoms with Gasteiger partial charge in [0.05, 0.1) is 5.33 Å². The summed E-state index contributed by atoms with van der Waals surface area (Å²) in [6.07, 6.45) is 0.425. The van der Waals surface area contributed by atoms with Crippen molar-refractivity contribution in [2.45, 2.75) is 6.42 Å². The Morgan fingerprint density at radius 2 is 2.08 bits per heavy atom. The van der Waals surface area contributed by atoms with E-state index in [4.69, 9.17) is 5.73 Å². The lowest BCUT2D eigenvalue weighted by Crippen LogP contribution is -2.03. The van der Waals surface area contributed by atoms with Gasteiger partial charge in [-0.1, -0.05) is 31.9 Å². The van der Waals surface area contributed by atoms with Gasteiger partial charge in [0.25, 0.3) is 0 Å². The number of ketones is 1. The van der Waals surface area contributed by atoms with Gasteiger partial charge in [0.1, 0.15) is 5.78 Å². The summed E-state index contributed by atoms with van der Waals surface area (Å²) < 4.78 is 0.907. The number of carbonyl (C=O) groups is 1. The SMILES string of the molecule is Nc1cc(Br)cc(CC(=O)CBr)c1. The van der Waals surface area contributed by atoms with Gasteiger partial charge in [0, 0.05) is 16.6 Å². The first kappa shape index (κ1) is 10.7. The highest BCUT2D eigenvalue weighted by Gasteiger charge is 2.03.